The van der Waals surface area contributed by atoms with Gasteiger partial charge in [-0.15, -0.1) is 0 Å². The van der Waals surface area contributed by atoms with E-state index in [9.17, 15) is 9.90 Å². The Morgan fingerprint density at radius 2 is 2.30 bits per heavy atom. The molecular weight excluding hydrogens is 322 g/mol. The molecule has 0 unspecified atom stereocenters. The molecule has 20 heavy (non-hydrogen) atoms. The minimum absolute atomic E-state index is 0.0478. The zero-order valence-electron chi connectivity index (χ0n) is 11.8. The molecule has 0 radical (unpaired) electrons. The molecule has 4 nitrogen and oxygen atoms in total. The van der Waals surface area contributed by atoms with Crippen LogP contribution in [0.5, 0.6) is 0 Å². The molecule has 1 saturated heterocycles. The van der Waals surface area contributed by atoms with Gasteiger partial charge in [0.15, 0.2) is 0 Å². The molecule has 110 valence electrons. The first-order valence-corrected chi connectivity index (χ1v) is 7.57. The quantitative estimate of drug-likeness (QED) is 0.913. The molecule has 1 heterocycles. The second kappa shape index (κ2) is 6.70. The molecule has 0 aromatic heterocycles. The lowest BCUT2D eigenvalue weighted by atomic mass is 10.0. The number of carbonyl (C=O) groups is 1. The molecule has 0 aliphatic carbocycles. The lowest BCUT2D eigenvalue weighted by Gasteiger charge is -2.37. The summed E-state index contributed by atoms with van der Waals surface area (Å²) in [7, 11) is 0. The average molecular weight is 342 g/mol. The summed E-state index contributed by atoms with van der Waals surface area (Å²) in [4.78, 5) is 14.3. The minimum atomic E-state index is -0.263. The van der Waals surface area contributed by atoms with Crippen LogP contribution in [0.25, 0.3) is 0 Å². The summed E-state index contributed by atoms with van der Waals surface area (Å²) in [5.74, 6) is 0.0877. The summed E-state index contributed by atoms with van der Waals surface area (Å²) in [6, 6.07) is 6.00. The van der Waals surface area contributed by atoms with Gasteiger partial charge >= 0.3 is 0 Å². The third-order valence-corrected chi connectivity index (χ3v) is 4.17. The van der Waals surface area contributed by atoms with Gasteiger partial charge in [-0.3, -0.25) is 4.79 Å². The highest BCUT2D eigenvalue weighted by Gasteiger charge is 2.29. The molecule has 0 saturated carbocycles. The molecule has 1 aliphatic rings. The van der Waals surface area contributed by atoms with Crippen LogP contribution in [0.3, 0.4) is 0 Å². The van der Waals surface area contributed by atoms with E-state index in [0.717, 1.165) is 15.6 Å². The Hall–Kier alpha value is -0.910. The third kappa shape index (κ3) is 3.59. The molecule has 0 spiro atoms. The predicted octanol–water partition coefficient (Wildman–Crippen LogP) is 1.91. The molecular formula is C15H20BrNO3. The molecule has 1 N–H and O–H groups in total. The van der Waals surface area contributed by atoms with Crippen molar-refractivity contribution in [2.75, 3.05) is 19.8 Å². The first-order valence-electron chi connectivity index (χ1n) is 6.78. The van der Waals surface area contributed by atoms with E-state index in [1.165, 1.54) is 0 Å². The van der Waals surface area contributed by atoms with Crippen LogP contribution in [0, 0.1) is 6.92 Å². The van der Waals surface area contributed by atoms with E-state index >= 15 is 0 Å². The van der Waals surface area contributed by atoms with Crippen molar-refractivity contribution in [1.82, 2.24) is 4.90 Å². The van der Waals surface area contributed by atoms with Gasteiger partial charge in [-0.2, -0.15) is 0 Å². The normalized spacial score (nSPS) is 22.9. The fraction of sp³-hybridized carbons (Fsp3) is 0.533. The standard InChI is InChI=1S/C15H20BrNO3/c1-10-5-13(16)4-3-12(10)6-15(19)17-7-14(8-18)20-9-11(17)2/h3-5,11,14,18H,6-9H2,1-2H3/t11-,14-/m1/s1. The van der Waals surface area contributed by atoms with Crippen LogP contribution in [0.4, 0.5) is 0 Å². The van der Waals surface area contributed by atoms with E-state index in [2.05, 4.69) is 15.9 Å². The second-order valence-electron chi connectivity index (χ2n) is 5.28. The van der Waals surface area contributed by atoms with Gasteiger partial charge in [0.2, 0.25) is 5.91 Å². The smallest absolute Gasteiger partial charge is 0.227 e. The highest BCUT2D eigenvalue weighted by molar-refractivity contribution is 9.10. The van der Waals surface area contributed by atoms with Crippen molar-refractivity contribution in [3.63, 3.8) is 0 Å². The number of rotatable bonds is 3. The Labute approximate surface area is 127 Å². The van der Waals surface area contributed by atoms with E-state index < -0.39 is 0 Å². The number of ether oxygens (including phenoxy) is 1. The van der Waals surface area contributed by atoms with Gasteiger partial charge in [0.05, 0.1) is 31.8 Å². The summed E-state index contributed by atoms with van der Waals surface area (Å²) in [6.07, 6.45) is 0.128. The largest absolute Gasteiger partial charge is 0.394 e. The van der Waals surface area contributed by atoms with Crippen LogP contribution in [-0.4, -0.2) is 47.8 Å². The van der Waals surface area contributed by atoms with Crippen molar-refractivity contribution in [3.05, 3.63) is 33.8 Å². The molecule has 2 atom stereocenters. The fourth-order valence-electron chi connectivity index (χ4n) is 2.40. The molecule has 1 amide bonds. The molecule has 1 aromatic rings. The van der Waals surface area contributed by atoms with Crippen molar-refractivity contribution < 1.29 is 14.6 Å². The van der Waals surface area contributed by atoms with Gasteiger partial charge in [-0.25, -0.2) is 0 Å². The number of amides is 1. The maximum atomic E-state index is 12.5. The Kier molecular flexibility index (Phi) is 5.18. The minimum Gasteiger partial charge on any atom is -0.394 e. The van der Waals surface area contributed by atoms with E-state index in [1.54, 1.807) is 0 Å². The molecule has 2 rings (SSSR count). The molecule has 5 heteroatoms. The van der Waals surface area contributed by atoms with Gasteiger partial charge in [-0.05, 0) is 37.1 Å². The van der Waals surface area contributed by atoms with Crippen LogP contribution >= 0.6 is 15.9 Å². The first kappa shape index (κ1) is 15.5. The van der Waals surface area contributed by atoms with Gasteiger partial charge < -0.3 is 14.7 Å². The van der Waals surface area contributed by atoms with Crippen LogP contribution in [0.2, 0.25) is 0 Å². The number of aliphatic hydroxyl groups is 1. The van der Waals surface area contributed by atoms with Crippen molar-refractivity contribution in [2.45, 2.75) is 32.4 Å². The fourth-order valence-corrected chi connectivity index (χ4v) is 2.87. The number of aryl methyl sites for hydroxylation is 1. The summed E-state index contributed by atoms with van der Waals surface area (Å²) in [5.41, 5.74) is 2.14. The van der Waals surface area contributed by atoms with E-state index in [4.69, 9.17) is 4.74 Å². The number of benzene rings is 1. The molecule has 0 bridgehead atoms. The highest BCUT2D eigenvalue weighted by Crippen LogP contribution is 2.19. The SMILES string of the molecule is Cc1cc(Br)ccc1CC(=O)N1C[C@H](CO)OC[C@H]1C. The van der Waals surface area contributed by atoms with Gasteiger partial charge in [0, 0.05) is 11.0 Å². The number of aliphatic hydroxyl groups excluding tert-OH is 1. The Morgan fingerprint density at radius 1 is 1.55 bits per heavy atom. The van der Waals surface area contributed by atoms with Crippen LogP contribution in [0.15, 0.2) is 22.7 Å². The highest BCUT2D eigenvalue weighted by atomic mass is 79.9. The average Bonchev–Trinajstić information content (AvgIpc) is 2.42. The van der Waals surface area contributed by atoms with Crippen molar-refractivity contribution in [1.29, 1.82) is 0 Å². The monoisotopic (exact) mass is 341 g/mol. The molecule has 1 fully saturated rings. The summed E-state index contributed by atoms with van der Waals surface area (Å²) in [6.45, 7) is 4.88. The van der Waals surface area contributed by atoms with Crippen molar-refractivity contribution in [2.24, 2.45) is 0 Å². The van der Waals surface area contributed by atoms with Crippen molar-refractivity contribution >= 4 is 21.8 Å². The lowest BCUT2D eigenvalue weighted by Crippen LogP contribution is -2.52. The van der Waals surface area contributed by atoms with E-state index in [1.807, 2.05) is 36.9 Å². The summed E-state index contributed by atoms with van der Waals surface area (Å²) < 4.78 is 6.48. The number of halogens is 1. The molecule has 1 aliphatic heterocycles. The summed E-state index contributed by atoms with van der Waals surface area (Å²) >= 11 is 3.43. The Morgan fingerprint density at radius 3 is 2.95 bits per heavy atom. The zero-order valence-corrected chi connectivity index (χ0v) is 13.4. The number of morpholine rings is 1. The van der Waals surface area contributed by atoms with Gasteiger partial charge in [-0.1, -0.05) is 22.0 Å². The number of nitrogens with zero attached hydrogens (tertiary/aromatic N) is 1. The predicted molar refractivity (Wildman–Crippen MR) is 80.6 cm³/mol. The van der Waals surface area contributed by atoms with Gasteiger partial charge in [0.25, 0.3) is 0 Å². The molecule has 1 aromatic carbocycles. The topological polar surface area (TPSA) is 49.8 Å². The number of hydrogen-bond acceptors (Lipinski definition) is 3. The van der Waals surface area contributed by atoms with Crippen LogP contribution < -0.4 is 0 Å². The zero-order chi connectivity index (χ0) is 14.7. The van der Waals surface area contributed by atoms with E-state index in [-0.39, 0.29) is 24.7 Å². The Balaban J connectivity index is 2.06. The van der Waals surface area contributed by atoms with Crippen molar-refractivity contribution in [3.8, 4) is 0 Å². The van der Waals surface area contributed by atoms with Crippen LogP contribution in [0.1, 0.15) is 18.1 Å². The lowest BCUT2D eigenvalue weighted by molar-refractivity contribution is -0.145. The summed E-state index contributed by atoms with van der Waals surface area (Å²) in [5, 5.41) is 9.17. The third-order valence-electron chi connectivity index (χ3n) is 3.68. The van der Waals surface area contributed by atoms with E-state index in [0.29, 0.717) is 19.6 Å². The number of carbonyl (C=O) groups excluding carboxylic acids is 1. The second-order valence-corrected chi connectivity index (χ2v) is 6.20. The first-order chi connectivity index (χ1) is 9.51. The maximum absolute atomic E-state index is 12.5. The van der Waals surface area contributed by atoms with Crippen LogP contribution in [-0.2, 0) is 16.0 Å². The number of hydrogen-bond donors (Lipinski definition) is 1. The Bertz CT molecular complexity index is 492. The maximum Gasteiger partial charge on any atom is 0.227 e. The van der Waals surface area contributed by atoms with Gasteiger partial charge in [0.1, 0.15) is 0 Å².